The highest BCUT2D eigenvalue weighted by Crippen LogP contribution is 2.28. The first-order valence-corrected chi connectivity index (χ1v) is 9.25. The van der Waals surface area contributed by atoms with Crippen molar-refractivity contribution in [3.05, 3.63) is 51.2 Å². The van der Waals surface area contributed by atoms with Crippen LogP contribution in [0, 0.1) is 5.82 Å². The Kier molecular flexibility index (Phi) is 4.33. The van der Waals surface area contributed by atoms with Crippen LogP contribution in [0.25, 0.3) is 0 Å². The third-order valence-electron chi connectivity index (χ3n) is 4.73. The van der Waals surface area contributed by atoms with Gasteiger partial charge in [-0.05, 0) is 37.5 Å². The lowest BCUT2D eigenvalue weighted by Gasteiger charge is -2.34. The van der Waals surface area contributed by atoms with E-state index in [9.17, 15) is 9.18 Å². The van der Waals surface area contributed by atoms with E-state index >= 15 is 0 Å². The van der Waals surface area contributed by atoms with E-state index in [2.05, 4.69) is 4.90 Å². The van der Waals surface area contributed by atoms with Gasteiger partial charge in [0.1, 0.15) is 10.8 Å². The number of fused-ring (bicyclic) bond motifs is 1. The van der Waals surface area contributed by atoms with E-state index in [1.54, 1.807) is 12.1 Å². The van der Waals surface area contributed by atoms with Crippen LogP contribution in [0.2, 0.25) is 0 Å². The van der Waals surface area contributed by atoms with Crippen LogP contribution in [0.5, 0.6) is 0 Å². The highest BCUT2D eigenvalue weighted by Gasteiger charge is 2.24. The van der Waals surface area contributed by atoms with Crippen molar-refractivity contribution in [3.63, 3.8) is 0 Å². The number of carbonyl (C=O) groups excluding carboxylic acids is 1. The molecule has 1 aliphatic heterocycles. The van der Waals surface area contributed by atoms with E-state index in [4.69, 9.17) is 4.98 Å². The molecule has 0 spiro atoms. The summed E-state index contributed by atoms with van der Waals surface area (Å²) in [6, 6.07) is 5.93. The summed E-state index contributed by atoms with van der Waals surface area (Å²) in [6.45, 7) is 3.91. The molecule has 0 saturated carbocycles. The van der Waals surface area contributed by atoms with Crippen molar-refractivity contribution in [1.29, 1.82) is 0 Å². The predicted molar refractivity (Wildman–Crippen MR) is 91.7 cm³/mol. The van der Waals surface area contributed by atoms with Crippen LogP contribution in [-0.4, -0.2) is 46.9 Å². The van der Waals surface area contributed by atoms with Crippen LogP contribution in [0.3, 0.4) is 0 Å². The van der Waals surface area contributed by atoms with Gasteiger partial charge in [-0.1, -0.05) is 6.07 Å². The fourth-order valence-corrected chi connectivity index (χ4v) is 4.62. The minimum Gasteiger partial charge on any atom is -0.336 e. The van der Waals surface area contributed by atoms with Gasteiger partial charge in [0.15, 0.2) is 0 Å². The van der Waals surface area contributed by atoms with Crippen molar-refractivity contribution in [2.24, 2.45) is 0 Å². The number of hydrogen-bond acceptors (Lipinski definition) is 4. The number of benzene rings is 1. The molecule has 0 radical (unpaired) electrons. The van der Waals surface area contributed by atoms with Crippen molar-refractivity contribution in [1.82, 2.24) is 14.8 Å². The van der Waals surface area contributed by atoms with Gasteiger partial charge in [-0.15, -0.1) is 11.3 Å². The van der Waals surface area contributed by atoms with E-state index in [0.717, 1.165) is 26.1 Å². The summed E-state index contributed by atoms with van der Waals surface area (Å²) in [5.41, 5.74) is 1.73. The van der Waals surface area contributed by atoms with Gasteiger partial charge in [0.2, 0.25) is 0 Å². The molecular weight excluding hydrogens is 325 g/mol. The van der Waals surface area contributed by atoms with Gasteiger partial charge < -0.3 is 4.90 Å². The Bertz CT molecular complexity index is 731. The molecule has 2 aromatic rings. The molecule has 1 saturated heterocycles. The maximum atomic E-state index is 13.3. The number of hydrogen-bond donors (Lipinski definition) is 0. The second-order valence-electron chi connectivity index (χ2n) is 6.41. The van der Waals surface area contributed by atoms with Crippen molar-refractivity contribution in [3.8, 4) is 0 Å². The maximum Gasteiger partial charge on any atom is 0.254 e. The number of halogens is 1. The number of thiazole rings is 1. The highest BCUT2D eigenvalue weighted by atomic mass is 32.1. The molecule has 4 nitrogen and oxygen atoms in total. The largest absolute Gasteiger partial charge is 0.336 e. The minimum atomic E-state index is -0.365. The van der Waals surface area contributed by atoms with Crippen molar-refractivity contribution in [2.75, 3.05) is 26.2 Å². The number of aromatic nitrogens is 1. The molecule has 126 valence electrons. The lowest BCUT2D eigenvalue weighted by molar-refractivity contribution is 0.0628. The lowest BCUT2D eigenvalue weighted by Crippen LogP contribution is -2.48. The normalized spacial score (nSPS) is 18.0. The molecule has 2 aliphatic rings. The first kappa shape index (κ1) is 15.7. The van der Waals surface area contributed by atoms with Crippen LogP contribution in [0.1, 0.15) is 32.4 Å². The van der Waals surface area contributed by atoms with Crippen molar-refractivity contribution >= 4 is 17.2 Å². The molecule has 1 aromatic heterocycles. The molecule has 0 unspecified atom stereocenters. The summed E-state index contributed by atoms with van der Waals surface area (Å²) in [5.74, 6) is -0.446. The van der Waals surface area contributed by atoms with E-state index in [0.29, 0.717) is 18.7 Å². The Balaban J connectivity index is 1.33. The minimum absolute atomic E-state index is 0.0811. The van der Waals surface area contributed by atoms with Gasteiger partial charge in [-0.3, -0.25) is 9.69 Å². The molecule has 0 atom stereocenters. The Morgan fingerprint density at radius 1 is 1.21 bits per heavy atom. The van der Waals surface area contributed by atoms with Crippen LogP contribution in [0.15, 0.2) is 24.3 Å². The van der Waals surface area contributed by atoms with Gasteiger partial charge in [-0.2, -0.15) is 0 Å². The Morgan fingerprint density at radius 2 is 2.04 bits per heavy atom. The highest BCUT2D eigenvalue weighted by molar-refractivity contribution is 7.11. The average molecular weight is 345 g/mol. The van der Waals surface area contributed by atoms with Gasteiger partial charge >= 0.3 is 0 Å². The first-order valence-electron chi connectivity index (χ1n) is 8.44. The summed E-state index contributed by atoms with van der Waals surface area (Å²) in [4.78, 5) is 22.8. The van der Waals surface area contributed by atoms with Crippen LogP contribution in [0.4, 0.5) is 4.39 Å². The fraction of sp³-hybridized carbons (Fsp3) is 0.444. The van der Waals surface area contributed by atoms with Crippen molar-refractivity contribution in [2.45, 2.75) is 25.8 Å². The Labute approximate surface area is 144 Å². The second kappa shape index (κ2) is 6.61. The van der Waals surface area contributed by atoms with E-state index < -0.39 is 0 Å². The van der Waals surface area contributed by atoms with E-state index in [1.807, 2.05) is 16.2 Å². The second-order valence-corrected chi connectivity index (χ2v) is 7.58. The molecule has 6 heteroatoms. The molecular formula is C18H20FN3OS. The number of piperazine rings is 1. The number of aryl methyl sites for hydroxylation is 2. The quantitative estimate of drug-likeness (QED) is 0.858. The molecule has 2 heterocycles. The molecule has 0 bridgehead atoms. The molecule has 24 heavy (non-hydrogen) atoms. The summed E-state index contributed by atoms with van der Waals surface area (Å²) >= 11 is 1.85. The average Bonchev–Trinajstić information content (AvgIpc) is 3.16. The SMILES string of the molecule is O=C(c1cccc(F)c1)N1CCN(Cc2nc3c(s2)CCC3)CC1. The number of carbonyl (C=O) groups is 1. The van der Waals surface area contributed by atoms with Gasteiger partial charge in [0.25, 0.3) is 5.91 Å². The van der Waals surface area contributed by atoms with Crippen LogP contribution >= 0.6 is 11.3 Å². The van der Waals surface area contributed by atoms with Crippen LogP contribution in [-0.2, 0) is 19.4 Å². The Morgan fingerprint density at radius 3 is 2.79 bits per heavy atom. The van der Waals surface area contributed by atoms with Gasteiger partial charge in [0, 0.05) is 36.6 Å². The number of rotatable bonds is 3. The van der Waals surface area contributed by atoms with Gasteiger partial charge in [0.05, 0.1) is 12.2 Å². The van der Waals surface area contributed by atoms with Crippen LogP contribution < -0.4 is 0 Å². The number of amides is 1. The third kappa shape index (κ3) is 3.21. The number of nitrogens with zero attached hydrogens (tertiary/aromatic N) is 3. The smallest absolute Gasteiger partial charge is 0.254 e. The monoisotopic (exact) mass is 345 g/mol. The van der Waals surface area contributed by atoms with E-state index in [1.165, 1.54) is 40.6 Å². The first-order chi connectivity index (χ1) is 11.7. The summed E-state index contributed by atoms with van der Waals surface area (Å²) in [5, 5.41) is 1.20. The molecule has 1 aliphatic carbocycles. The Hall–Kier alpha value is -1.79. The maximum absolute atomic E-state index is 13.3. The molecule has 4 rings (SSSR count). The summed E-state index contributed by atoms with van der Waals surface area (Å²) < 4.78 is 13.3. The van der Waals surface area contributed by atoms with E-state index in [-0.39, 0.29) is 11.7 Å². The summed E-state index contributed by atoms with van der Waals surface area (Å²) in [7, 11) is 0. The molecule has 1 amide bonds. The summed E-state index contributed by atoms with van der Waals surface area (Å²) in [6.07, 6.45) is 3.56. The lowest BCUT2D eigenvalue weighted by atomic mass is 10.1. The zero-order chi connectivity index (χ0) is 16.5. The topological polar surface area (TPSA) is 36.4 Å². The molecule has 1 fully saturated rings. The third-order valence-corrected chi connectivity index (χ3v) is 5.87. The molecule has 0 N–H and O–H groups in total. The molecule has 1 aromatic carbocycles. The zero-order valence-corrected chi connectivity index (χ0v) is 14.3. The standard InChI is InChI=1S/C18H20FN3OS/c19-14-4-1-3-13(11-14)18(23)22-9-7-21(8-10-22)12-17-20-15-5-2-6-16(15)24-17/h1,3-4,11H,2,5-10,12H2. The predicted octanol–water partition coefficient (Wildman–Crippen LogP) is 2.73. The zero-order valence-electron chi connectivity index (χ0n) is 13.5. The van der Waals surface area contributed by atoms with Gasteiger partial charge in [-0.25, -0.2) is 9.37 Å². The van der Waals surface area contributed by atoms with Crippen molar-refractivity contribution < 1.29 is 9.18 Å². The fourth-order valence-electron chi connectivity index (χ4n) is 3.42.